The van der Waals surface area contributed by atoms with E-state index >= 15 is 0 Å². The molecule has 260 valence electrons. The largest absolute Gasteiger partial charge is 0.466 e. The molecule has 46 heavy (non-hydrogen) atoms. The van der Waals surface area contributed by atoms with Gasteiger partial charge in [0.1, 0.15) is 12.9 Å². The number of fused-ring (bicyclic) bond motifs is 1. The molecule has 0 saturated heterocycles. The van der Waals surface area contributed by atoms with Crippen LogP contribution in [0.2, 0.25) is 25.7 Å². The number of ether oxygens (including phenoxy) is 5. The summed E-state index contributed by atoms with van der Waals surface area (Å²) in [7, 11) is -1.34. The lowest BCUT2D eigenvalue weighted by atomic mass is 9.47. The molecule has 0 amide bonds. The van der Waals surface area contributed by atoms with Gasteiger partial charge in [0.25, 0.3) is 0 Å². The number of esters is 1. The number of halogens is 1. The Labute approximate surface area is 284 Å². The minimum absolute atomic E-state index is 0.0321. The highest BCUT2D eigenvalue weighted by atomic mass is 79.9. The summed E-state index contributed by atoms with van der Waals surface area (Å²) in [5.74, 6) is -2.14. The van der Waals surface area contributed by atoms with Gasteiger partial charge in [-0.05, 0) is 74.0 Å². The van der Waals surface area contributed by atoms with Crippen molar-refractivity contribution in [3.05, 3.63) is 46.0 Å². The molecular weight excluding hydrogens is 672 g/mol. The highest BCUT2D eigenvalue weighted by molar-refractivity contribution is 9.11. The van der Waals surface area contributed by atoms with Crippen LogP contribution < -0.4 is 0 Å². The average molecular weight is 728 g/mol. The summed E-state index contributed by atoms with van der Waals surface area (Å²) in [5, 5.41) is 34.2. The van der Waals surface area contributed by atoms with Crippen LogP contribution in [0.1, 0.15) is 57.9 Å². The van der Waals surface area contributed by atoms with Gasteiger partial charge in [-0.3, -0.25) is 4.79 Å². The van der Waals surface area contributed by atoms with Gasteiger partial charge in [0, 0.05) is 26.5 Å². The van der Waals surface area contributed by atoms with Crippen molar-refractivity contribution in [2.24, 2.45) is 17.3 Å². The van der Waals surface area contributed by atoms with Crippen LogP contribution >= 0.6 is 15.9 Å². The lowest BCUT2D eigenvalue weighted by Gasteiger charge is -2.62. The highest BCUT2D eigenvalue weighted by Gasteiger charge is 2.71. The van der Waals surface area contributed by atoms with Gasteiger partial charge in [-0.1, -0.05) is 65.9 Å². The van der Waals surface area contributed by atoms with Crippen molar-refractivity contribution >= 4 is 30.0 Å². The molecule has 3 N–H and O–H groups in total. The van der Waals surface area contributed by atoms with Crippen LogP contribution in [0.15, 0.2) is 40.4 Å². The molecule has 0 heterocycles. The summed E-state index contributed by atoms with van der Waals surface area (Å²) in [5.41, 5.74) is -0.956. The Morgan fingerprint density at radius 1 is 1.11 bits per heavy atom. The first kappa shape index (κ1) is 37.7. The Hall–Kier alpha value is -1.15. The maximum atomic E-state index is 14.2. The van der Waals surface area contributed by atoms with E-state index in [0.717, 1.165) is 40.9 Å². The van der Waals surface area contributed by atoms with Crippen LogP contribution in [0.25, 0.3) is 0 Å². The zero-order valence-electron chi connectivity index (χ0n) is 28.2. The topological polar surface area (TPSA) is 124 Å². The van der Waals surface area contributed by atoms with Gasteiger partial charge in [-0.25, -0.2) is 0 Å². The van der Waals surface area contributed by atoms with E-state index in [1.807, 2.05) is 30.3 Å². The minimum Gasteiger partial charge on any atom is -0.466 e. The Balaban J connectivity index is 1.72. The Morgan fingerprint density at radius 3 is 2.48 bits per heavy atom. The van der Waals surface area contributed by atoms with Gasteiger partial charge < -0.3 is 39.0 Å². The molecule has 1 aromatic carbocycles. The van der Waals surface area contributed by atoms with Crippen molar-refractivity contribution in [3.8, 4) is 0 Å². The third-order valence-electron chi connectivity index (χ3n) is 10.1. The summed E-state index contributed by atoms with van der Waals surface area (Å²) in [4.78, 5) is 14.2. The highest BCUT2D eigenvalue weighted by Crippen LogP contribution is 2.60. The number of aliphatic hydroxyl groups is 3. The van der Waals surface area contributed by atoms with Gasteiger partial charge >= 0.3 is 5.97 Å². The number of carbonyl (C=O) groups is 1. The second kappa shape index (κ2) is 16.5. The van der Waals surface area contributed by atoms with Crippen molar-refractivity contribution in [3.63, 3.8) is 0 Å². The fourth-order valence-corrected chi connectivity index (χ4v) is 9.17. The van der Waals surface area contributed by atoms with Crippen LogP contribution in [0, 0.1) is 17.3 Å². The molecule has 0 spiro atoms. The number of rotatable bonds is 16. The molecular formula is C35H55BrO9Si. The first-order valence-electron chi connectivity index (χ1n) is 16.9. The monoisotopic (exact) mass is 726 g/mol. The van der Waals surface area contributed by atoms with E-state index in [1.54, 1.807) is 13.8 Å². The van der Waals surface area contributed by atoms with Crippen molar-refractivity contribution in [1.82, 2.24) is 0 Å². The van der Waals surface area contributed by atoms with E-state index in [9.17, 15) is 20.1 Å². The Morgan fingerprint density at radius 2 is 1.85 bits per heavy atom. The fourth-order valence-electron chi connectivity index (χ4n) is 7.82. The van der Waals surface area contributed by atoms with Crippen LogP contribution in [0.3, 0.4) is 0 Å². The number of hydrogen-bond donors (Lipinski definition) is 3. The Bertz CT molecular complexity index is 1160. The summed E-state index contributed by atoms with van der Waals surface area (Å²) in [6.07, 6.45) is 0.723. The lowest BCUT2D eigenvalue weighted by Crippen LogP contribution is -2.74. The molecule has 9 nitrogen and oxygen atoms in total. The Kier molecular flexibility index (Phi) is 13.5. The zero-order valence-corrected chi connectivity index (χ0v) is 30.8. The van der Waals surface area contributed by atoms with Crippen LogP contribution in [0.4, 0.5) is 0 Å². The zero-order chi connectivity index (χ0) is 33.5. The van der Waals surface area contributed by atoms with E-state index < -0.39 is 61.8 Å². The van der Waals surface area contributed by atoms with E-state index in [1.165, 1.54) is 0 Å². The molecule has 11 heteroatoms. The molecule has 1 unspecified atom stereocenters. The van der Waals surface area contributed by atoms with E-state index in [2.05, 4.69) is 35.6 Å². The number of benzene rings is 1. The standard InChI is InChI=1S/C35H55BrO9Si/c1-6-42-33(39)35-16-15-26(43-21-24-11-8-7-9-12-24)19-27(35)30(45-23-41-17-18-46(3,4)5)32(34(2,40)31(35)29(38)20-37)44-22-25-13-10-14-28(25)36/h7-9,11-12,26-27,29-32,37-38,40H,6,10,13-23H2,1-5H3/t26-,27+,29?,30+,31+,32+,34+,35+/m0/s1. The van der Waals surface area contributed by atoms with E-state index in [-0.39, 0.29) is 32.5 Å². The quantitative estimate of drug-likeness (QED) is 0.0868. The minimum atomic E-state index is -1.77. The van der Waals surface area contributed by atoms with Gasteiger partial charge in [-0.2, -0.15) is 0 Å². The molecule has 3 aliphatic rings. The molecule has 0 aliphatic heterocycles. The predicted molar refractivity (Wildman–Crippen MR) is 182 cm³/mol. The molecule has 0 aromatic heterocycles. The van der Waals surface area contributed by atoms with Gasteiger partial charge in [0.05, 0.1) is 55.8 Å². The smallest absolute Gasteiger partial charge is 0.312 e. The van der Waals surface area contributed by atoms with Crippen molar-refractivity contribution in [1.29, 1.82) is 0 Å². The van der Waals surface area contributed by atoms with Crippen LogP contribution in [-0.4, -0.2) is 92.6 Å². The molecule has 3 aliphatic carbocycles. The number of hydrogen-bond acceptors (Lipinski definition) is 9. The van der Waals surface area contributed by atoms with Crippen LogP contribution in [0.5, 0.6) is 0 Å². The second-order valence-corrected chi connectivity index (χ2v) is 21.2. The molecule has 2 fully saturated rings. The van der Waals surface area contributed by atoms with E-state index in [4.69, 9.17) is 23.7 Å². The average Bonchev–Trinajstić information content (AvgIpc) is 3.43. The normalized spacial score (nSPS) is 32.3. The fraction of sp³-hybridized carbons (Fsp3) is 0.743. The summed E-state index contributed by atoms with van der Waals surface area (Å²) in [6.45, 7) is 10.9. The van der Waals surface area contributed by atoms with Crippen LogP contribution in [-0.2, 0) is 35.1 Å². The third kappa shape index (κ3) is 8.70. The molecule has 4 rings (SSSR count). The SMILES string of the molecule is CCOC(=O)[C@]12CC[C@H](OCc3ccccc3)C[C@@H]1[C@@H](OCOCC[Si](C)(C)C)[C@@H](OCC1=C(Br)CCC1)[C@](C)(O)[C@H]2C(O)CO. The predicted octanol–water partition coefficient (Wildman–Crippen LogP) is 5.57. The maximum absolute atomic E-state index is 14.2. The lowest BCUT2D eigenvalue weighted by molar-refractivity contribution is -0.302. The molecule has 0 radical (unpaired) electrons. The molecule has 8 atom stereocenters. The number of allylic oxidation sites excluding steroid dienone is 1. The van der Waals surface area contributed by atoms with Gasteiger partial charge in [-0.15, -0.1) is 0 Å². The molecule has 2 saturated carbocycles. The van der Waals surface area contributed by atoms with Gasteiger partial charge in [0.2, 0.25) is 0 Å². The molecule has 0 bridgehead atoms. The second-order valence-electron chi connectivity index (χ2n) is 14.6. The third-order valence-corrected chi connectivity index (χ3v) is 12.8. The van der Waals surface area contributed by atoms with Crippen molar-refractivity contribution in [2.45, 2.75) is 115 Å². The van der Waals surface area contributed by atoms with Crippen molar-refractivity contribution < 1.29 is 43.8 Å². The summed E-state index contributed by atoms with van der Waals surface area (Å²) < 4.78 is 32.4. The number of carbonyl (C=O) groups excluding carboxylic acids is 1. The van der Waals surface area contributed by atoms with Gasteiger partial charge in [0.15, 0.2) is 0 Å². The molecule has 1 aromatic rings. The summed E-state index contributed by atoms with van der Waals surface area (Å²) in [6, 6.07) is 10.9. The maximum Gasteiger partial charge on any atom is 0.312 e. The van der Waals surface area contributed by atoms with Crippen molar-refractivity contribution in [2.75, 3.05) is 33.2 Å². The first-order valence-corrected chi connectivity index (χ1v) is 21.4. The first-order chi connectivity index (χ1) is 21.8. The van der Waals surface area contributed by atoms with E-state index in [0.29, 0.717) is 26.1 Å². The summed E-state index contributed by atoms with van der Waals surface area (Å²) >= 11 is 3.68. The number of aliphatic hydroxyl groups excluding tert-OH is 2.